The van der Waals surface area contributed by atoms with E-state index < -0.39 is 23.5 Å². The van der Waals surface area contributed by atoms with E-state index in [0.717, 1.165) is 24.8 Å². The Labute approximate surface area is 121 Å². The van der Waals surface area contributed by atoms with Gasteiger partial charge in [-0.1, -0.05) is 18.2 Å². The lowest BCUT2D eigenvalue weighted by atomic mass is 9.96. The molecule has 110 valence electrons. The summed E-state index contributed by atoms with van der Waals surface area (Å²) in [5.41, 5.74) is 9.25. The van der Waals surface area contributed by atoms with Gasteiger partial charge in [0.25, 0.3) is 0 Å². The molecule has 2 N–H and O–H groups in total. The van der Waals surface area contributed by atoms with Gasteiger partial charge in [-0.2, -0.15) is 0 Å². The number of hydrogen-bond donors (Lipinski definition) is 1. The first kappa shape index (κ1) is 14.1. The molecule has 0 saturated carbocycles. The molecule has 4 heteroatoms. The molecule has 1 atom stereocenters. The third kappa shape index (κ3) is 2.81. The third-order valence-electron chi connectivity index (χ3n) is 4.03. The number of aryl methyl sites for hydroxylation is 2. The minimum absolute atomic E-state index is 0.253. The number of halogens is 3. The first-order valence-corrected chi connectivity index (χ1v) is 7.05. The Morgan fingerprint density at radius 1 is 0.952 bits per heavy atom. The van der Waals surface area contributed by atoms with Crippen molar-refractivity contribution in [2.24, 2.45) is 5.73 Å². The van der Waals surface area contributed by atoms with Crippen LogP contribution in [0.25, 0.3) is 0 Å². The minimum Gasteiger partial charge on any atom is -0.323 e. The van der Waals surface area contributed by atoms with Crippen LogP contribution in [0.5, 0.6) is 0 Å². The molecule has 1 unspecified atom stereocenters. The van der Waals surface area contributed by atoms with Crippen LogP contribution in [-0.4, -0.2) is 0 Å². The standard InChI is InChI=1S/C17H16F3N/c18-13-8-14(19)17(15(20)9-13)16(21)7-10-4-5-11-2-1-3-12(11)6-10/h4-6,8-9,16H,1-3,7,21H2. The van der Waals surface area contributed by atoms with E-state index >= 15 is 0 Å². The summed E-state index contributed by atoms with van der Waals surface area (Å²) < 4.78 is 40.4. The van der Waals surface area contributed by atoms with E-state index in [1.165, 1.54) is 11.1 Å². The monoisotopic (exact) mass is 291 g/mol. The van der Waals surface area contributed by atoms with Crippen LogP contribution in [0.4, 0.5) is 13.2 Å². The maximum absolute atomic E-state index is 13.7. The fourth-order valence-corrected chi connectivity index (χ4v) is 3.02. The third-order valence-corrected chi connectivity index (χ3v) is 4.03. The molecule has 21 heavy (non-hydrogen) atoms. The summed E-state index contributed by atoms with van der Waals surface area (Å²) in [6.07, 6.45) is 3.60. The van der Waals surface area contributed by atoms with Gasteiger partial charge in [0, 0.05) is 23.7 Å². The summed E-state index contributed by atoms with van der Waals surface area (Å²) in [4.78, 5) is 0. The molecule has 1 aliphatic carbocycles. The maximum atomic E-state index is 13.7. The second kappa shape index (κ2) is 5.53. The lowest BCUT2D eigenvalue weighted by Gasteiger charge is -2.15. The fourth-order valence-electron chi connectivity index (χ4n) is 3.02. The van der Waals surface area contributed by atoms with Crippen molar-refractivity contribution >= 4 is 0 Å². The van der Waals surface area contributed by atoms with Crippen LogP contribution in [0.2, 0.25) is 0 Å². The Hall–Kier alpha value is -1.81. The Kier molecular flexibility index (Phi) is 3.72. The highest BCUT2D eigenvalue weighted by atomic mass is 19.1. The van der Waals surface area contributed by atoms with Crippen LogP contribution in [-0.2, 0) is 19.3 Å². The van der Waals surface area contributed by atoms with Gasteiger partial charge in [-0.25, -0.2) is 13.2 Å². The molecule has 0 spiro atoms. The molecule has 0 bridgehead atoms. The predicted molar refractivity (Wildman–Crippen MR) is 75.4 cm³/mol. The van der Waals surface area contributed by atoms with Crippen molar-refractivity contribution in [3.05, 3.63) is 70.0 Å². The van der Waals surface area contributed by atoms with Crippen molar-refractivity contribution in [3.63, 3.8) is 0 Å². The van der Waals surface area contributed by atoms with Crippen LogP contribution in [0.15, 0.2) is 30.3 Å². The zero-order valence-electron chi connectivity index (χ0n) is 11.5. The van der Waals surface area contributed by atoms with Crippen LogP contribution >= 0.6 is 0 Å². The SMILES string of the molecule is NC(Cc1ccc2c(c1)CCC2)c1c(F)cc(F)cc1F. The van der Waals surface area contributed by atoms with E-state index in [2.05, 4.69) is 12.1 Å². The molecule has 3 rings (SSSR count). The van der Waals surface area contributed by atoms with Gasteiger partial charge in [0.2, 0.25) is 0 Å². The van der Waals surface area contributed by atoms with E-state index in [-0.39, 0.29) is 5.56 Å². The van der Waals surface area contributed by atoms with Crippen LogP contribution in [0.1, 0.15) is 34.7 Å². The first-order chi connectivity index (χ1) is 10.0. The molecule has 1 nitrogen and oxygen atoms in total. The van der Waals surface area contributed by atoms with E-state index in [9.17, 15) is 13.2 Å². The largest absolute Gasteiger partial charge is 0.323 e. The summed E-state index contributed by atoms with van der Waals surface area (Å²) in [5.74, 6) is -2.79. The Morgan fingerprint density at radius 2 is 1.62 bits per heavy atom. The normalized spacial score (nSPS) is 15.0. The summed E-state index contributed by atoms with van der Waals surface area (Å²) in [6.45, 7) is 0. The van der Waals surface area contributed by atoms with E-state index in [1.807, 2.05) is 6.07 Å². The first-order valence-electron chi connectivity index (χ1n) is 7.05. The summed E-state index contributed by atoms with van der Waals surface area (Å²) >= 11 is 0. The number of hydrogen-bond acceptors (Lipinski definition) is 1. The molecule has 0 radical (unpaired) electrons. The molecule has 0 aliphatic heterocycles. The number of benzene rings is 2. The highest BCUT2D eigenvalue weighted by molar-refractivity contribution is 5.36. The second-order valence-electron chi connectivity index (χ2n) is 5.55. The second-order valence-corrected chi connectivity index (χ2v) is 5.55. The molecule has 0 aromatic heterocycles. The lowest BCUT2D eigenvalue weighted by molar-refractivity contribution is 0.501. The molecule has 0 saturated heterocycles. The molecule has 0 heterocycles. The summed E-state index contributed by atoms with van der Waals surface area (Å²) in [6, 6.07) is 6.57. The van der Waals surface area contributed by atoms with Crippen LogP contribution < -0.4 is 5.73 Å². The quantitative estimate of drug-likeness (QED) is 0.913. The van der Waals surface area contributed by atoms with Crippen molar-refractivity contribution in [1.29, 1.82) is 0 Å². The molecule has 2 aromatic rings. The fraction of sp³-hybridized carbons (Fsp3) is 0.294. The highest BCUT2D eigenvalue weighted by Crippen LogP contribution is 2.27. The van der Waals surface area contributed by atoms with Gasteiger partial charge in [0.05, 0.1) is 0 Å². The number of nitrogens with two attached hydrogens (primary N) is 1. The Bertz CT molecular complexity index is 659. The topological polar surface area (TPSA) is 26.0 Å². The Balaban J connectivity index is 1.85. The Morgan fingerprint density at radius 3 is 2.33 bits per heavy atom. The van der Waals surface area contributed by atoms with Gasteiger partial charge in [-0.15, -0.1) is 0 Å². The van der Waals surface area contributed by atoms with Crippen molar-refractivity contribution in [3.8, 4) is 0 Å². The number of rotatable bonds is 3. The zero-order chi connectivity index (χ0) is 15.0. The van der Waals surface area contributed by atoms with E-state index in [1.54, 1.807) is 0 Å². The van der Waals surface area contributed by atoms with Crippen LogP contribution in [0.3, 0.4) is 0 Å². The summed E-state index contributed by atoms with van der Waals surface area (Å²) in [5, 5.41) is 0. The molecule has 0 amide bonds. The van der Waals surface area contributed by atoms with Gasteiger partial charge in [0.15, 0.2) is 0 Å². The molecule has 2 aromatic carbocycles. The van der Waals surface area contributed by atoms with Crippen molar-refractivity contribution in [2.75, 3.05) is 0 Å². The van der Waals surface area contributed by atoms with Crippen molar-refractivity contribution in [2.45, 2.75) is 31.7 Å². The summed E-state index contributed by atoms with van der Waals surface area (Å²) in [7, 11) is 0. The molecule has 0 fully saturated rings. The predicted octanol–water partition coefficient (Wildman–Crippen LogP) is 3.84. The average molecular weight is 291 g/mol. The molecule has 1 aliphatic rings. The van der Waals surface area contributed by atoms with Gasteiger partial charge in [0.1, 0.15) is 17.5 Å². The smallest absolute Gasteiger partial charge is 0.133 e. The minimum atomic E-state index is -0.932. The average Bonchev–Trinajstić information content (AvgIpc) is 2.84. The van der Waals surface area contributed by atoms with Gasteiger partial charge >= 0.3 is 0 Å². The lowest BCUT2D eigenvalue weighted by Crippen LogP contribution is -2.17. The van der Waals surface area contributed by atoms with Gasteiger partial charge in [-0.3, -0.25) is 0 Å². The zero-order valence-corrected chi connectivity index (χ0v) is 11.5. The van der Waals surface area contributed by atoms with E-state index in [0.29, 0.717) is 18.6 Å². The number of fused-ring (bicyclic) bond motifs is 1. The van der Waals surface area contributed by atoms with Gasteiger partial charge < -0.3 is 5.73 Å². The van der Waals surface area contributed by atoms with Crippen LogP contribution in [0, 0.1) is 17.5 Å². The maximum Gasteiger partial charge on any atom is 0.133 e. The van der Waals surface area contributed by atoms with E-state index in [4.69, 9.17) is 5.73 Å². The van der Waals surface area contributed by atoms with Crippen molar-refractivity contribution < 1.29 is 13.2 Å². The van der Waals surface area contributed by atoms with Gasteiger partial charge in [-0.05, 0) is 42.4 Å². The van der Waals surface area contributed by atoms with Crippen molar-refractivity contribution in [1.82, 2.24) is 0 Å². The molecular formula is C17H16F3N. The molecular weight excluding hydrogens is 275 g/mol. The highest BCUT2D eigenvalue weighted by Gasteiger charge is 2.19.